The number of carbonyl (C=O) groups excluding carboxylic acids is 1. The number of fused-ring (bicyclic) bond motifs is 1. The predicted molar refractivity (Wildman–Crippen MR) is 85.6 cm³/mol. The van der Waals surface area contributed by atoms with Gasteiger partial charge in [0.1, 0.15) is 10.8 Å². The van der Waals surface area contributed by atoms with Crippen LogP contribution in [0.4, 0.5) is 0 Å². The van der Waals surface area contributed by atoms with Crippen LogP contribution in [0.2, 0.25) is 0 Å². The topological polar surface area (TPSA) is 54.3 Å². The zero-order chi connectivity index (χ0) is 15.7. The fraction of sp³-hybridized carbons (Fsp3) is 0.533. The van der Waals surface area contributed by atoms with Crippen molar-refractivity contribution in [1.82, 2.24) is 24.3 Å². The number of thiazole rings is 1. The van der Waals surface area contributed by atoms with Crippen molar-refractivity contribution in [3.05, 3.63) is 34.3 Å². The maximum Gasteiger partial charge on any atom is 0.228 e. The van der Waals surface area contributed by atoms with Gasteiger partial charge in [-0.05, 0) is 6.92 Å². The van der Waals surface area contributed by atoms with Gasteiger partial charge in [-0.2, -0.15) is 0 Å². The quantitative estimate of drug-likeness (QED) is 0.858. The molecule has 0 radical (unpaired) electrons. The molecule has 3 heterocycles. The first-order valence-corrected chi connectivity index (χ1v) is 8.31. The number of amides is 1. The van der Waals surface area contributed by atoms with E-state index in [-0.39, 0.29) is 11.9 Å². The molecule has 22 heavy (non-hydrogen) atoms. The molecule has 0 N–H and O–H groups in total. The lowest BCUT2D eigenvalue weighted by Crippen LogP contribution is -2.36. The Labute approximate surface area is 134 Å². The molecular weight excluding hydrogens is 298 g/mol. The molecule has 1 aliphatic rings. The van der Waals surface area contributed by atoms with Crippen molar-refractivity contribution >= 4 is 17.2 Å². The molecule has 0 fully saturated rings. The standard InChI is InChI=1S/C15H21N5OS/c1-11-15-17-12(8-14(21)18(2)3)9-20(15)6-5-19(11)10-13-16-4-7-22-13/h4,7,9,11H,5-6,8,10H2,1-3H3/t11-/m0/s1. The zero-order valence-electron chi connectivity index (χ0n) is 13.2. The highest BCUT2D eigenvalue weighted by Gasteiger charge is 2.27. The molecule has 1 amide bonds. The average molecular weight is 319 g/mol. The highest BCUT2D eigenvalue weighted by molar-refractivity contribution is 7.09. The molecule has 0 unspecified atom stereocenters. The van der Waals surface area contributed by atoms with E-state index >= 15 is 0 Å². The SMILES string of the molecule is C[C@H]1c2nc(CC(=O)N(C)C)cn2CCN1Cc1nccs1. The molecular formula is C15H21N5OS. The third kappa shape index (κ3) is 3.05. The van der Waals surface area contributed by atoms with Crippen LogP contribution in [-0.4, -0.2) is 50.9 Å². The lowest BCUT2D eigenvalue weighted by molar-refractivity contribution is -0.128. The van der Waals surface area contributed by atoms with Crippen molar-refractivity contribution in [2.45, 2.75) is 32.5 Å². The van der Waals surface area contributed by atoms with Gasteiger partial charge in [-0.1, -0.05) is 0 Å². The summed E-state index contributed by atoms with van der Waals surface area (Å²) in [7, 11) is 3.55. The van der Waals surface area contributed by atoms with E-state index in [1.165, 1.54) is 0 Å². The smallest absolute Gasteiger partial charge is 0.228 e. The molecule has 2 aromatic rings. The summed E-state index contributed by atoms with van der Waals surface area (Å²) in [5.41, 5.74) is 0.858. The maximum absolute atomic E-state index is 11.8. The molecule has 7 heteroatoms. The number of carbonyl (C=O) groups is 1. The molecule has 0 saturated carbocycles. The number of imidazole rings is 1. The van der Waals surface area contributed by atoms with E-state index in [1.807, 2.05) is 17.8 Å². The number of hydrogen-bond acceptors (Lipinski definition) is 5. The predicted octanol–water partition coefficient (Wildman–Crippen LogP) is 1.55. The van der Waals surface area contributed by atoms with Crippen molar-refractivity contribution in [1.29, 1.82) is 0 Å². The van der Waals surface area contributed by atoms with Crippen LogP contribution in [-0.2, 0) is 24.3 Å². The Balaban J connectivity index is 1.73. The van der Waals surface area contributed by atoms with Gasteiger partial charge in [-0.25, -0.2) is 9.97 Å². The average Bonchev–Trinajstić information content (AvgIpc) is 3.11. The largest absolute Gasteiger partial charge is 0.348 e. The Hall–Kier alpha value is -1.73. The number of nitrogens with zero attached hydrogens (tertiary/aromatic N) is 5. The lowest BCUT2D eigenvalue weighted by atomic mass is 10.2. The monoisotopic (exact) mass is 319 g/mol. The summed E-state index contributed by atoms with van der Waals surface area (Å²) >= 11 is 1.69. The number of likely N-dealkylation sites (N-methyl/N-ethyl adjacent to an activating group) is 1. The minimum absolute atomic E-state index is 0.0859. The third-order valence-electron chi connectivity index (χ3n) is 4.06. The third-order valence-corrected chi connectivity index (χ3v) is 4.82. The summed E-state index contributed by atoms with van der Waals surface area (Å²) in [6.07, 6.45) is 4.24. The van der Waals surface area contributed by atoms with Crippen LogP contribution in [0.1, 0.15) is 29.5 Å². The Kier molecular flexibility index (Phi) is 4.26. The van der Waals surface area contributed by atoms with E-state index in [4.69, 9.17) is 4.98 Å². The summed E-state index contributed by atoms with van der Waals surface area (Å²) in [5.74, 6) is 1.13. The van der Waals surface area contributed by atoms with Crippen LogP contribution in [0.25, 0.3) is 0 Å². The molecule has 6 nitrogen and oxygen atoms in total. The van der Waals surface area contributed by atoms with Gasteiger partial charge in [-0.15, -0.1) is 11.3 Å². The normalized spacial score (nSPS) is 18.2. The van der Waals surface area contributed by atoms with Crippen LogP contribution in [0.5, 0.6) is 0 Å². The van der Waals surface area contributed by atoms with Crippen molar-refractivity contribution in [2.24, 2.45) is 0 Å². The number of rotatable bonds is 4. The Morgan fingerprint density at radius 1 is 1.45 bits per heavy atom. The van der Waals surface area contributed by atoms with Crippen LogP contribution < -0.4 is 0 Å². The molecule has 0 aliphatic carbocycles. The van der Waals surface area contributed by atoms with Gasteiger partial charge >= 0.3 is 0 Å². The Morgan fingerprint density at radius 3 is 2.95 bits per heavy atom. The van der Waals surface area contributed by atoms with E-state index in [0.717, 1.165) is 36.2 Å². The van der Waals surface area contributed by atoms with E-state index in [2.05, 4.69) is 21.4 Å². The van der Waals surface area contributed by atoms with Gasteiger partial charge in [0.05, 0.1) is 24.7 Å². The fourth-order valence-electron chi connectivity index (χ4n) is 2.71. The van der Waals surface area contributed by atoms with E-state index in [1.54, 1.807) is 30.3 Å². The first-order chi connectivity index (χ1) is 10.5. The molecule has 0 bridgehead atoms. The second-order valence-electron chi connectivity index (χ2n) is 5.82. The molecule has 0 aromatic carbocycles. The fourth-order valence-corrected chi connectivity index (χ4v) is 3.35. The number of aromatic nitrogens is 3. The highest BCUT2D eigenvalue weighted by atomic mass is 32.1. The molecule has 0 saturated heterocycles. The molecule has 1 aliphatic heterocycles. The van der Waals surface area contributed by atoms with Gasteiger partial charge in [0.2, 0.25) is 5.91 Å². The van der Waals surface area contributed by atoms with Crippen molar-refractivity contribution in [3.63, 3.8) is 0 Å². The summed E-state index contributed by atoms with van der Waals surface area (Å²) in [4.78, 5) is 24.9. The molecule has 2 aromatic heterocycles. The Bertz CT molecular complexity index is 649. The van der Waals surface area contributed by atoms with Crippen LogP contribution in [0.15, 0.2) is 17.8 Å². The Morgan fingerprint density at radius 2 is 2.27 bits per heavy atom. The molecule has 118 valence electrons. The van der Waals surface area contributed by atoms with E-state index in [9.17, 15) is 4.79 Å². The zero-order valence-corrected chi connectivity index (χ0v) is 14.0. The van der Waals surface area contributed by atoms with E-state index in [0.29, 0.717) is 6.42 Å². The van der Waals surface area contributed by atoms with Crippen molar-refractivity contribution < 1.29 is 4.79 Å². The maximum atomic E-state index is 11.8. The molecule has 0 spiro atoms. The lowest BCUT2D eigenvalue weighted by Gasteiger charge is -2.32. The summed E-state index contributed by atoms with van der Waals surface area (Å²) in [6.45, 7) is 4.92. The summed E-state index contributed by atoms with van der Waals surface area (Å²) in [5, 5.41) is 3.14. The van der Waals surface area contributed by atoms with Crippen LogP contribution in [0, 0.1) is 0 Å². The highest BCUT2D eigenvalue weighted by Crippen LogP contribution is 2.26. The second-order valence-corrected chi connectivity index (χ2v) is 6.80. The van der Waals surface area contributed by atoms with Gasteiger partial charge < -0.3 is 9.47 Å². The van der Waals surface area contributed by atoms with Crippen molar-refractivity contribution in [3.8, 4) is 0 Å². The first-order valence-electron chi connectivity index (χ1n) is 7.43. The van der Waals surface area contributed by atoms with Gasteiger partial charge in [0.25, 0.3) is 0 Å². The van der Waals surface area contributed by atoms with Gasteiger partial charge in [0.15, 0.2) is 0 Å². The van der Waals surface area contributed by atoms with Gasteiger partial charge in [-0.3, -0.25) is 9.69 Å². The summed E-state index contributed by atoms with van der Waals surface area (Å²) < 4.78 is 2.18. The van der Waals surface area contributed by atoms with Crippen LogP contribution >= 0.6 is 11.3 Å². The summed E-state index contributed by atoms with van der Waals surface area (Å²) in [6, 6.07) is 0.237. The minimum Gasteiger partial charge on any atom is -0.348 e. The number of hydrogen-bond donors (Lipinski definition) is 0. The van der Waals surface area contributed by atoms with Gasteiger partial charge in [0, 0.05) is 45.0 Å². The minimum atomic E-state index is 0.0859. The van der Waals surface area contributed by atoms with E-state index < -0.39 is 0 Å². The van der Waals surface area contributed by atoms with Crippen molar-refractivity contribution in [2.75, 3.05) is 20.6 Å². The van der Waals surface area contributed by atoms with Crippen LogP contribution in [0.3, 0.4) is 0 Å². The molecule has 3 rings (SSSR count). The molecule has 1 atom stereocenters. The first kappa shape index (κ1) is 15.2. The second kappa shape index (κ2) is 6.18.